The minimum atomic E-state index is -3.22. The van der Waals surface area contributed by atoms with Gasteiger partial charge in [0.1, 0.15) is 0 Å². The van der Waals surface area contributed by atoms with Gasteiger partial charge in [0.2, 0.25) is 0 Å². The zero-order valence-corrected chi connectivity index (χ0v) is 29.3. The molecule has 12 nitrogen and oxygen atoms in total. The van der Waals surface area contributed by atoms with Gasteiger partial charge in [-0.05, 0) is 55.4 Å². The monoisotopic (exact) mass is 784 g/mol. The van der Waals surface area contributed by atoms with Crippen LogP contribution in [0.15, 0.2) is 0 Å². The van der Waals surface area contributed by atoms with Gasteiger partial charge >= 0.3 is 30.4 Å². The minimum Gasteiger partial charge on any atom is -0.324 e. The molecule has 0 amide bonds. The molecule has 0 aromatic rings. The third-order valence-electron chi connectivity index (χ3n) is 1.63. The van der Waals surface area contributed by atoms with E-state index in [9.17, 15) is 18.3 Å². The molecule has 4 atom stereocenters. The Morgan fingerprint density at radius 3 is 0.515 bits per heavy atom. The first-order valence-corrected chi connectivity index (χ1v) is 17.7. The Kier molecular flexibility index (Phi) is 28.5. The van der Waals surface area contributed by atoms with Crippen LogP contribution >= 0.6 is 30.4 Å². The number of hydrogen-bond acceptors (Lipinski definition) is 8. The van der Waals surface area contributed by atoms with Gasteiger partial charge in [-0.25, -0.2) is 0 Å². The third kappa shape index (κ3) is 71.9. The zero-order chi connectivity index (χ0) is 27.1. The predicted octanol–water partition coefficient (Wildman–Crippen LogP) is 4.91. The molecule has 0 rings (SSSR count). The van der Waals surface area contributed by atoms with Gasteiger partial charge in [-0.15, -0.1) is 0 Å². The Balaban J connectivity index is -0.000000105. The molecule has 0 aromatic heterocycles. The van der Waals surface area contributed by atoms with Crippen molar-refractivity contribution < 1.29 is 95.9 Å². The molecule has 0 aliphatic rings. The zero-order valence-electron chi connectivity index (χ0n) is 21.7. The van der Waals surface area contributed by atoms with Crippen LogP contribution in [0.3, 0.4) is 0 Å². The van der Waals surface area contributed by atoms with Crippen LogP contribution in [0, 0.1) is 39.9 Å². The van der Waals surface area contributed by atoms with E-state index in [0.29, 0.717) is 0 Å². The van der Waals surface area contributed by atoms with E-state index in [-0.39, 0.29) is 64.4 Å². The van der Waals surface area contributed by atoms with E-state index in [2.05, 4.69) is 18.1 Å². The van der Waals surface area contributed by atoms with Crippen LogP contribution in [0.2, 0.25) is 0 Å². The summed E-state index contributed by atoms with van der Waals surface area (Å²) < 4.78 is 59.6. The molecule has 0 aliphatic carbocycles. The molecule has 0 aromatic carbocycles. The molecular formula is C16H44O12P4Th. The normalized spacial score (nSPS) is 18.1. The predicted molar refractivity (Wildman–Crippen MR) is 128 cm³/mol. The Bertz CT molecular complexity index is 534. The summed E-state index contributed by atoms with van der Waals surface area (Å²) in [5.41, 5.74) is 0. The summed E-state index contributed by atoms with van der Waals surface area (Å²) in [5, 5.41) is 0. The van der Waals surface area contributed by atoms with Gasteiger partial charge < -0.3 is 37.7 Å². The second-order valence-corrected chi connectivity index (χ2v) is 15.1. The fourth-order valence-corrected chi connectivity index (χ4v) is 4.69. The van der Waals surface area contributed by atoms with E-state index in [1.165, 1.54) is 26.7 Å². The Morgan fingerprint density at radius 1 is 0.424 bits per heavy atom. The van der Waals surface area contributed by atoms with Gasteiger partial charge in [0.15, 0.2) is 0 Å². The van der Waals surface area contributed by atoms with E-state index in [4.69, 9.17) is 19.6 Å². The summed E-state index contributed by atoms with van der Waals surface area (Å²) in [6.45, 7) is 18.4. The molecule has 4 unspecified atom stereocenters. The summed E-state index contributed by atoms with van der Waals surface area (Å²) in [4.78, 5) is 34.1. The Morgan fingerprint density at radius 2 is 0.515 bits per heavy atom. The molecule has 4 N–H and O–H groups in total. The second-order valence-electron chi connectivity index (χ2n) is 7.83. The van der Waals surface area contributed by atoms with Crippen LogP contribution in [0.5, 0.6) is 0 Å². The molecule has 0 heterocycles. The number of hydrogen-bond donors (Lipinski definition) is 4. The van der Waals surface area contributed by atoms with Crippen LogP contribution in [-0.2, 0) is 36.4 Å². The maximum absolute atomic E-state index is 10.4. The molecule has 0 spiro atoms. The van der Waals surface area contributed by atoms with Crippen molar-refractivity contribution in [2.24, 2.45) is 0 Å². The molecule has 0 fully saturated rings. The summed E-state index contributed by atoms with van der Waals surface area (Å²) in [6, 6.07) is 0. The molecule has 17 heteroatoms. The maximum Gasteiger partial charge on any atom is 0.325 e. The van der Waals surface area contributed by atoms with Crippen molar-refractivity contribution >= 4 is 30.4 Å². The first-order valence-electron chi connectivity index (χ1n) is 9.61. The largest absolute Gasteiger partial charge is 0.325 e. The van der Waals surface area contributed by atoms with E-state index < -0.39 is 30.4 Å². The molecule has 0 saturated heterocycles. The maximum atomic E-state index is 10.4. The van der Waals surface area contributed by atoms with Gasteiger partial charge in [0.05, 0.1) is 24.4 Å². The molecule has 204 valence electrons. The van der Waals surface area contributed by atoms with Crippen LogP contribution < -0.4 is 0 Å². The summed E-state index contributed by atoms with van der Waals surface area (Å²) in [7, 11) is -12.9. The van der Waals surface area contributed by atoms with Gasteiger partial charge in [-0.2, -0.15) is 0 Å². The van der Waals surface area contributed by atoms with Gasteiger partial charge in [0, 0.05) is 66.6 Å². The van der Waals surface area contributed by atoms with Crippen molar-refractivity contribution in [2.45, 2.75) is 79.8 Å². The average molecular weight is 784 g/mol. The van der Waals surface area contributed by atoms with Crippen LogP contribution in [0.1, 0.15) is 55.4 Å². The standard InChI is InChI=1S/4C4H11O3P.Th/c4*1-4(2)7-8(3,5)6;/h4*4H,1-3H3,(H,5,6);. The van der Waals surface area contributed by atoms with E-state index in [1.54, 1.807) is 55.4 Å². The van der Waals surface area contributed by atoms with Crippen molar-refractivity contribution in [2.75, 3.05) is 26.7 Å². The minimum absolute atomic E-state index is 0. The van der Waals surface area contributed by atoms with Crippen molar-refractivity contribution in [3.63, 3.8) is 0 Å². The molecule has 0 radical (unpaired) electrons. The van der Waals surface area contributed by atoms with E-state index in [1.807, 2.05) is 0 Å². The molecule has 0 aliphatic heterocycles. The number of rotatable bonds is 8. The molecule has 33 heavy (non-hydrogen) atoms. The first kappa shape index (κ1) is 44.9. The van der Waals surface area contributed by atoms with Crippen molar-refractivity contribution in [1.29, 1.82) is 0 Å². The fraction of sp³-hybridized carbons (Fsp3) is 1.00. The fourth-order valence-electron chi connectivity index (χ4n) is 1.56. The summed E-state index contributed by atoms with van der Waals surface area (Å²) in [5.74, 6) is 0. The van der Waals surface area contributed by atoms with Gasteiger partial charge in [-0.3, -0.25) is 18.3 Å². The smallest absolute Gasteiger partial charge is 0.324 e. The Hall–Kier alpha value is 1.92. The summed E-state index contributed by atoms with van der Waals surface area (Å²) in [6.07, 6.45) is -0.682. The average Bonchev–Trinajstić information content (AvgIpc) is 2.26. The summed E-state index contributed by atoms with van der Waals surface area (Å²) >= 11 is 0. The van der Waals surface area contributed by atoms with Crippen molar-refractivity contribution in [3.05, 3.63) is 0 Å². The first-order chi connectivity index (χ1) is 13.7. The quantitative estimate of drug-likeness (QED) is 0.244. The van der Waals surface area contributed by atoms with Crippen molar-refractivity contribution in [1.82, 2.24) is 0 Å². The van der Waals surface area contributed by atoms with Crippen LogP contribution in [0.25, 0.3) is 0 Å². The third-order valence-corrected chi connectivity index (χ3v) is 4.88. The SMILES string of the molecule is CC(C)OP(C)(=O)O.CC(C)OP(C)(=O)O.CC(C)OP(C)(=O)O.CC(C)OP(C)(=O)O.[Th]. The van der Waals surface area contributed by atoms with E-state index >= 15 is 0 Å². The topological polar surface area (TPSA) is 186 Å². The molecular weight excluding hydrogens is 740 g/mol. The van der Waals surface area contributed by atoms with Gasteiger partial charge in [-0.1, -0.05) is 0 Å². The van der Waals surface area contributed by atoms with E-state index in [0.717, 1.165) is 0 Å². The Labute approximate surface area is 231 Å². The van der Waals surface area contributed by atoms with Crippen LogP contribution in [0.4, 0.5) is 0 Å². The van der Waals surface area contributed by atoms with Gasteiger partial charge in [0.25, 0.3) is 0 Å². The molecule has 0 bridgehead atoms. The van der Waals surface area contributed by atoms with Crippen LogP contribution in [-0.4, -0.2) is 70.6 Å². The van der Waals surface area contributed by atoms with Crippen molar-refractivity contribution in [3.8, 4) is 0 Å². The second kappa shape index (κ2) is 20.9. The molecule has 0 saturated carbocycles.